The average Bonchev–Trinajstić information content (AvgIpc) is 2.63. The van der Waals surface area contributed by atoms with Crippen molar-refractivity contribution < 1.29 is 19.1 Å². The van der Waals surface area contributed by atoms with Crippen molar-refractivity contribution in [1.82, 2.24) is 0 Å². The average molecular weight is 356 g/mol. The van der Waals surface area contributed by atoms with Crippen LogP contribution in [-0.2, 0) is 25.7 Å². The van der Waals surface area contributed by atoms with E-state index in [4.69, 9.17) is 9.47 Å². The number of cyclic esters (lactones) is 1. The third kappa shape index (κ3) is 6.26. The highest BCUT2D eigenvalue weighted by Crippen LogP contribution is 2.28. The van der Waals surface area contributed by atoms with Crippen molar-refractivity contribution in [2.75, 3.05) is 13.2 Å². The van der Waals surface area contributed by atoms with Crippen LogP contribution in [0, 0.1) is 11.8 Å². The highest BCUT2D eigenvalue weighted by molar-refractivity contribution is 5.99. The Morgan fingerprint density at radius 1 is 1.27 bits per heavy atom. The summed E-state index contributed by atoms with van der Waals surface area (Å²) in [6.07, 6.45) is 4.94. The van der Waals surface area contributed by atoms with E-state index in [9.17, 15) is 9.59 Å². The van der Waals surface area contributed by atoms with E-state index in [-0.39, 0.29) is 17.7 Å². The van der Waals surface area contributed by atoms with E-state index in [0.717, 1.165) is 17.6 Å². The molecule has 0 spiro atoms. The molecule has 4 nitrogen and oxygen atoms in total. The predicted octanol–water partition coefficient (Wildman–Crippen LogP) is 4.25. The maximum absolute atomic E-state index is 12.5. The highest BCUT2D eigenvalue weighted by atomic mass is 16.5. The Bertz CT molecular complexity index is 620. The Hall–Kier alpha value is -2.20. The standard InChI is InChI=1S/C22H28O4/c1-3-8-19-13-14-26-22(24)21(19)20(23)12-7-9-17(2)15-25-16-18-10-5-4-6-11-18/h3-6,10-11,19,21H,1-2,7-9,12-16H2/t19-,21-/m1/s1. The maximum Gasteiger partial charge on any atom is 0.316 e. The van der Waals surface area contributed by atoms with Crippen LogP contribution in [0.15, 0.2) is 55.1 Å². The first-order chi connectivity index (χ1) is 12.6. The number of ether oxygens (including phenoxy) is 2. The summed E-state index contributed by atoms with van der Waals surface area (Å²) in [5.74, 6) is -1.01. The Labute approximate surface area is 155 Å². The molecule has 1 aromatic rings. The third-order valence-electron chi connectivity index (χ3n) is 4.65. The maximum atomic E-state index is 12.5. The Morgan fingerprint density at radius 3 is 2.77 bits per heavy atom. The summed E-state index contributed by atoms with van der Waals surface area (Å²) in [5.41, 5.74) is 2.09. The molecular formula is C22H28O4. The van der Waals surface area contributed by atoms with Crippen LogP contribution in [0.4, 0.5) is 0 Å². The lowest BCUT2D eigenvalue weighted by atomic mass is 9.81. The molecule has 0 amide bonds. The smallest absolute Gasteiger partial charge is 0.316 e. The quantitative estimate of drug-likeness (QED) is 0.338. The van der Waals surface area contributed by atoms with Gasteiger partial charge in [0, 0.05) is 6.42 Å². The monoisotopic (exact) mass is 356 g/mol. The normalized spacial score (nSPS) is 19.6. The summed E-state index contributed by atoms with van der Waals surface area (Å²) in [4.78, 5) is 24.5. The number of carbonyl (C=O) groups excluding carboxylic acids is 2. The van der Waals surface area contributed by atoms with Crippen molar-refractivity contribution in [1.29, 1.82) is 0 Å². The largest absolute Gasteiger partial charge is 0.465 e. The molecule has 1 aromatic carbocycles. The van der Waals surface area contributed by atoms with E-state index >= 15 is 0 Å². The van der Waals surface area contributed by atoms with Crippen LogP contribution in [-0.4, -0.2) is 25.0 Å². The van der Waals surface area contributed by atoms with Crippen LogP contribution in [0.1, 0.15) is 37.7 Å². The molecule has 2 atom stereocenters. The molecule has 140 valence electrons. The minimum atomic E-state index is -0.635. The first kappa shape index (κ1) is 20.1. The van der Waals surface area contributed by atoms with Crippen molar-refractivity contribution in [3.63, 3.8) is 0 Å². The second kappa shape index (κ2) is 10.7. The molecule has 0 aromatic heterocycles. The van der Waals surface area contributed by atoms with Gasteiger partial charge in [-0.25, -0.2) is 0 Å². The zero-order valence-electron chi connectivity index (χ0n) is 15.3. The number of hydrogen-bond acceptors (Lipinski definition) is 4. The lowest BCUT2D eigenvalue weighted by molar-refractivity contribution is -0.160. The molecule has 1 fully saturated rings. The summed E-state index contributed by atoms with van der Waals surface area (Å²) >= 11 is 0. The number of carbonyl (C=O) groups is 2. The molecule has 0 aliphatic carbocycles. The van der Waals surface area contributed by atoms with Gasteiger partial charge < -0.3 is 9.47 Å². The molecule has 26 heavy (non-hydrogen) atoms. The van der Waals surface area contributed by atoms with Crippen LogP contribution in [0.5, 0.6) is 0 Å². The van der Waals surface area contributed by atoms with Crippen LogP contribution < -0.4 is 0 Å². The summed E-state index contributed by atoms with van der Waals surface area (Å²) < 4.78 is 10.7. The molecule has 1 aliphatic heterocycles. The summed E-state index contributed by atoms with van der Waals surface area (Å²) in [6, 6.07) is 9.97. The SMILES string of the molecule is C=CC[C@@H]1CCOC(=O)[C@H]1C(=O)CCCC(=C)COCc1ccccc1. The molecule has 0 saturated carbocycles. The molecule has 0 unspecified atom stereocenters. The predicted molar refractivity (Wildman–Crippen MR) is 101 cm³/mol. The summed E-state index contributed by atoms with van der Waals surface area (Å²) in [5, 5.41) is 0. The van der Waals surface area contributed by atoms with Crippen molar-refractivity contribution in [3.05, 3.63) is 60.7 Å². The minimum Gasteiger partial charge on any atom is -0.465 e. The zero-order valence-corrected chi connectivity index (χ0v) is 15.3. The molecule has 1 heterocycles. The van der Waals surface area contributed by atoms with Gasteiger partial charge in [0.15, 0.2) is 0 Å². The molecule has 1 saturated heterocycles. The second-order valence-corrected chi connectivity index (χ2v) is 6.77. The van der Waals surface area contributed by atoms with Crippen molar-refractivity contribution >= 4 is 11.8 Å². The number of esters is 1. The fraction of sp³-hybridized carbons (Fsp3) is 0.455. The number of Topliss-reactive ketones (excluding diaryl/α,β-unsaturated/α-hetero) is 1. The van der Waals surface area contributed by atoms with Gasteiger partial charge in [0.1, 0.15) is 11.7 Å². The summed E-state index contributed by atoms with van der Waals surface area (Å²) in [7, 11) is 0. The van der Waals surface area contributed by atoms with Gasteiger partial charge in [0.25, 0.3) is 0 Å². The Balaban J connectivity index is 1.68. The third-order valence-corrected chi connectivity index (χ3v) is 4.65. The number of allylic oxidation sites excluding steroid dienone is 1. The second-order valence-electron chi connectivity index (χ2n) is 6.77. The van der Waals surface area contributed by atoms with E-state index in [0.29, 0.717) is 45.5 Å². The number of rotatable bonds is 11. The van der Waals surface area contributed by atoms with E-state index in [1.807, 2.05) is 30.3 Å². The van der Waals surface area contributed by atoms with Gasteiger partial charge in [0.2, 0.25) is 0 Å². The van der Waals surface area contributed by atoms with Gasteiger partial charge in [-0.05, 0) is 37.2 Å². The first-order valence-electron chi connectivity index (χ1n) is 9.20. The van der Waals surface area contributed by atoms with Gasteiger partial charge in [-0.3, -0.25) is 9.59 Å². The molecule has 1 aliphatic rings. The highest BCUT2D eigenvalue weighted by Gasteiger charge is 2.37. The topological polar surface area (TPSA) is 52.6 Å². The first-order valence-corrected chi connectivity index (χ1v) is 9.20. The minimum absolute atomic E-state index is 0.0265. The fourth-order valence-corrected chi connectivity index (χ4v) is 3.25. The number of ketones is 1. The molecule has 2 rings (SSSR count). The number of hydrogen-bond donors (Lipinski definition) is 0. The van der Waals surface area contributed by atoms with E-state index in [1.165, 1.54) is 0 Å². The lowest BCUT2D eigenvalue weighted by Crippen LogP contribution is -2.37. The van der Waals surface area contributed by atoms with Gasteiger partial charge in [-0.1, -0.05) is 48.6 Å². The number of benzene rings is 1. The van der Waals surface area contributed by atoms with Gasteiger partial charge in [-0.2, -0.15) is 0 Å². The van der Waals surface area contributed by atoms with Crippen LogP contribution in [0.25, 0.3) is 0 Å². The molecular weight excluding hydrogens is 328 g/mol. The van der Waals surface area contributed by atoms with E-state index in [1.54, 1.807) is 6.08 Å². The lowest BCUT2D eigenvalue weighted by Gasteiger charge is -2.28. The Morgan fingerprint density at radius 2 is 2.04 bits per heavy atom. The zero-order chi connectivity index (χ0) is 18.8. The Kier molecular flexibility index (Phi) is 8.29. The van der Waals surface area contributed by atoms with E-state index in [2.05, 4.69) is 13.2 Å². The molecule has 0 radical (unpaired) electrons. The summed E-state index contributed by atoms with van der Waals surface area (Å²) in [6.45, 7) is 9.16. The fourth-order valence-electron chi connectivity index (χ4n) is 3.25. The van der Waals surface area contributed by atoms with Crippen molar-refractivity contribution in [2.45, 2.75) is 38.7 Å². The van der Waals surface area contributed by atoms with Crippen LogP contribution in [0.3, 0.4) is 0 Å². The molecule has 0 N–H and O–H groups in total. The van der Waals surface area contributed by atoms with Crippen LogP contribution >= 0.6 is 0 Å². The van der Waals surface area contributed by atoms with Gasteiger partial charge >= 0.3 is 5.97 Å². The van der Waals surface area contributed by atoms with E-state index < -0.39 is 5.92 Å². The molecule has 4 heteroatoms. The van der Waals surface area contributed by atoms with Gasteiger partial charge in [-0.15, -0.1) is 6.58 Å². The van der Waals surface area contributed by atoms with Crippen molar-refractivity contribution in [3.8, 4) is 0 Å². The van der Waals surface area contributed by atoms with Gasteiger partial charge in [0.05, 0.1) is 19.8 Å². The van der Waals surface area contributed by atoms with Crippen molar-refractivity contribution in [2.24, 2.45) is 11.8 Å². The molecule has 0 bridgehead atoms. The van der Waals surface area contributed by atoms with Crippen LogP contribution in [0.2, 0.25) is 0 Å².